The Morgan fingerprint density at radius 1 is 1.42 bits per heavy atom. The molecule has 0 rings (SSSR count). The summed E-state index contributed by atoms with van der Waals surface area (Å²) in [4.78, 5) is 22.1. The molecule has 0 heterocycles. The Balaban J connectivity index is 4.14. The summed E-state index contributed by atoms with van der Waals surface area (Å²) in [5.74, 6) is -1.38. The predicted octanol–water partition coefficient (Wildman–Crippen LogP) is 0.322. The number of amides is 1. The van der Waals surface area contributed by atoms with Gasteiger partial charge in [-0.15, -0.1) is 0 Å². The van der Waals surface area contributed by atoms with Crippen LogP contribution in [0.15, 0.2) is 0 Å². The maximum atomic E-state index is 11.1. The highest BCUT2D eigenvalue weighted by Gasteiger charge is 2.24. The first-order chi connectivity index (χ1) is 5.67. The van der Waals surface area contributed by atoms with Crippen LogP contribution in [-0.2, 0) is 14.3 Å². The van der Waals surface area contributed by atoms with E-state index in [-0.39, 0.29) is 5.91 Å². The third-order valence-electron chi connectivity index (χ3n) is 1.54. The molecule has 4 heteroatoms. The quantitative estimate of drug-likeness (QED) is 0.492. The monoisotopic (exact) mass is 173 g/mol. The van der Waals surface area contributed by atoms with Gasteiger partial charge in [0.05, 0.1) is 6.61 Å². The van der Waals surface area contributed by atoms with Crippen molar-refractivity contribution in [3.05, 3.63) is 0 Å². The maximum absolute atomic E-state index is 11.1. The van der Waals surface area contributed by atoms with Gasteiger partial charge in [0.15, 0.2) is 0 Å². The molecule has 0 aliphatic heterocycles. The second kappa shape index (κ2) is 5.57. The number of nitrogens with one attached hydrogen (secondary N) is 1. The lowest BCUT2D eigenvalue weighted by molar-refractivity contribution is -0.152. The highest BCUT2D eigenvalue weighted by Crippen LogP contribution is 2.04. The summed E-state index contributed by atoms with van der Waals surface area (Å²) >= 11 is 0. The lowest BCUT2D eigenvalue weighted by atomic mass is 10.1. The van der Waals surface area contributed by atoms with Crippen molar-refractivity contribution in [1.82, 2.24) is 5.32 Å². The molecule has 0 radical (unpaired) electrons. The van der Waals surface area contributed by atoms with E-state index in [1.807, 2.05) is 0 Å². The third kappa shape index (κ3) is 2.90. The number of carbonyl (C=O) groups excluding carboxylic acids is 2. The lowest BCUT2D eigenvalue weighted by Crippen LogP contribution is -2.33. The first-order valence-corrected chi connectivity index (χ1v) is 4.05. The molecule has 70 valence electrons. The van der Waals surface area contributed by atoms with E-state index in [0.29, 0.717) is 13.0 Å². The smallest absolute Gasteiger partial charge is 0.318 e. The molecule has 0 aliphatic rings. The molecule has 0 saturated carbocycles. The van der Waals surface area contributed by atoms with Crippen LogP contribution >= 0.6 is 0 Å². The standard InChI is InChI=1S/C8H15NO3/c1-4-6(7(10)9-3)8(11)12-5-2/h6H,4-5H2,1-3H3,(H,9,10). The first kappa shape index (κ1) is 10.9. The molecule has 0 spiro atoms. The van der Waals surface area contributed by atoms with Crippen molar-refractivity contribution in [3.8, 4) is 0 Å². The van der Waals surface area contributed by atoms with Gasteiger partial charge in [-0.25, -0.2) is 0 Å². The largest absolute Gasteiger partial charge is 0.465 e. The number of ether oxygens (including phenoxy) is 1. The van der Waals surface area contributed by atoms with Crippen LogP contribution in [0.3, 0.4) is 0 Å². The van der Waals surface area contributed by atoms with E-state index in [1.54, 1.807) is 13.8 Å². The molecule has 1 N–H and O–H groups in total. The topological polar surface area (TPSA) is 55.4 Å². The summed E-state index contributed by atoms with van der Waals surface area (Å²) in [6.07, 6.45) is 0.471. The van der Waals surface area contributed by atoms with Crippen LogP contribution in [0, 0.1) is 5.92 Å². The molecule has 12 heavy (non-hydrogen) atoms. The number of rotatable bonds is 4. The third-order valence-corrected chi connectivity index (χ3v) is 1.54. The molecule has 1 amide bonds. The summed E-state index contributed by atoms with van der Waals surface area (Å²) in [5, 5.41) is 2.42. The van der Waals surface area contributed by atoms with Crippen molar-refractivity contribution in [2.75, 3.05) is 13.7 Å². The first-order valence-electron chi connectivity index (χ1n) is 4.05. The Labute approximate surface area is 72.3 Å². The zero-order valence-corrected chi connectivity index (χ0v) is 7.72. The van der Waals surface area contributed by atoms with Crippen molar-refractivity contribution in [2.45, 2.75) is 20.3 Å². The van der Waals surface area contributed by atoms with Gasteiger partial charge >= 0.3 is 5.97 Å². The van der Waals surface area contributed by atoms with E-state index in [4.69, 9.17) is 4.74 Å². The predicted molar refractivity (Wildman–Crippen MR) is 44.5 cm³/mol. The summed E-state index contributed by atoms with van der Waals surface area (Å²) in [5.41, 5.74) is 0. The van der Waals surface area contributed by atoms with E-state index in [9.17, 15) is 9.59 Å². The maximum Gasteiger partial charge on any atom is 0.318 e. The average Bonchev–Trinajstić information content (AvgIpc) is 2.06. The Hall–Kier alpha value is -1.06. The van der Waals surface area contributed by atoms with Gasteiger partial charge < -0.3 is 10.1 Å². The van der Waals surface area contributed by atoms with Crippen LogP contribution in [0.2, 0.25) is 0 Å². The van der Waals surface area contributed by atoms with Gasteiger partial charge in [-0.2, -0.15) is 0 Å². The van der Waals surface area contributed by atoms with E-state index < -0.39 is 11.9 Å². The Bertz CT molecular complexity index is 168. The summed E-state index contributed by atoms with van der Waals surface area (Å²) in [6.45, 7) is 3.80. The van der Waals surface area contributed by atoms with Crippen LogP contribution in [0.1, 0.15) is 20.3 Å². The minimum atomic E-state index is -0.657. The van der Waals surface area contributed by atoms with Gasteiger partial charge in [0.25, 0.3) is 0 Å². The summed E-state index contributed by atoms with van der Waals surface area (Å²) in [6, 6.07) is 0. The van der Waals surface area contributed by atoms with Gasteiger partial charge in [-0.3, -0.25) is 9.59 Å². The Morgan fingerprint density at radius 3 is 2.33 bits per heavy atom. The van der Waals surface area contributed by atoms with Crippen LogP contribution < -0.4 is 5.32 Å². The average molecular weight is 173 g/mol. The van der Waals surface area contributed by atoms with Crippen molar-refractivity contribution < 1.29 is 14.3 Å². The fourth-order valence-electron chi connectivity index (χ4n) is 0.876. The van der Waals surface area contributed by atoms with E-state index >= 15 is 0 Å². The molecule has 0 aromatic carbocycles. The van der Waals surface area contributed by atoms with Crippen molar-refractivity contribution in [2.24, 2.45) is 5.92 Å². The molecule has 4 nitrogen and oxygen atoms in total. The van der Waals surface area contributed by atoms with Crippen molar-refractivity contribution >= 4 is 11.9 Å². The van der Waals surface area contributed by atoms with Gasteiger partial charge in [0, 0.05) is 7.05 Å². The van der Waals surface area contributed by atoms with Crippen molar-refractivity contribution in [3.63, 3.8) is 0 Å². The van der Waals surface area contributed by atoms with Gasteiger partial charge in [-0.05, 0) is 13.3 Å². The number of hydrogen-bond donors (Lipinski definition) is 1. The Morgan fingerprint density at radius 2 is 2.00 bits per heavy atom. The van der Waals surface area contributed by atoms with Crippen LogP contribution in [0.25, 0.3) is 0 Å². The SMILES string of the molecule is CCOC(=O)C(CC)C(=O)NC. The molecule has 1 unspecified atom stereocenters. The van der Waals surface area contributed by atoms with Gasteiger partial charge in [-0.1, -0.05) is 6.92 Å². The molecule has 0 aromatic rings. The van der Waals surface area contributed by atoms with Crippen molar-refractivity contribution in [1.29, 1.82) is 0 Å². The highest BCUT2D eigenvalue weighted by molar-refractivity contribution is 5.97. The second-order valence-corrected chi connectivity index (χ2v) is 2.33. The molecule has 0 bridgehead atoms. The molecular formula is C8H15NO3. The molecule has 1 atom stereocenters. The number of carbonyl (C=O) groups is 2. The minimum Gasteiger partial charge on any atom is -0.465 e. The normalized spacial score (nSPS) is 11.9. The minimum absolute atomic E-state index is 0.282. The Kier molecular flexibility index (Phi) is 5.08. The van der Waals surface area contributed by atoms with E-state index in [1.165, 1.54) is 7.05 Å². The van der Waals surface area contributed by atoms with Gasteiger partial charge in [0.1, 0.15) is 5.92 Å². The zero-order valence-electron chi connectivity index (χ0n) is 7.72. The lowest BCUT2D eigenvalue weighted by Gasteiger charge is -2.10. The van der Waals surface area contributed by atoms with E-state index in [2.05, 4.69) is 5.32 Å². The van der Waals surface area contributed by atoms with Crippen LogP contribution in [0.4, 0.5) is 0 Å². The molecule has 0 saturated heterocycles. The fraction of sp³-hybridized carbons (Fsp3) is 0.750. The molecular weight excluding hydrogens is 158 g/mol. The summed E-state index contributed by atoms with van der Waals surface area (Å²) in [7, 11) is 1.50. The number of esters is 1. The van der Waals surface area contributed by atoms with Crippen LogP contribution in [-0.4, -0.2) is 25.5 Å². The van der Waals surface area contributed by atoms with E-state index in [0.717, 1.165) is 0 Å². The molecule has 0 aliphatic carbocycles. The zero-order chi connectivity index (χ0) is 9.56. The molecule has 0 fully saturated rings. The second-order valence-electron chi connectivity index (χ2n) is 2.33. The van der Waals surface area contributed by atoms with Gasteiger partial charge in [0.2, 0.25) is 5.91 Å². The summed E-state index contributed by atoms with van der Waals surface area (Å²) < 4.78 is 4.72. The molecule has 0 aromatic heterocycles. The number of hydrogen-bond acceptors (Lipinski definition) is 3. The van der Waals surface area contributed by atoms with Crippen LogP contribution in [0.5, 0.6) is 0 Å². The fourth-order valence-corrected chi connectivity index (χ4v) is 0.876. The highest BCUT2D eigenvalue weighted by atomic mass is 16.5.